The van der Waals surface area contributed by atoms with Crippen LogP contribution in [0.25, 0.3) is 0 Å². The van der Waals surface area contributed by atoms with Crippen LogP contribution in [-0.2, 0) is 14.8 Å². The van der Waals surface area contributed by atoms with Crippen molar-refractivity contribution in [1.82, 2.24) is 14.5 Å². The average molecular weight is 311 g/mol. The highest BCUT2D eigenvalue weighted by molar-refractivity contribution is 7.90. The summed E-state index contributed by atoms with van der Waals surface area (Å²) < 4.78 is 27.2. The molecule has 0 fully saturated rings. The Hall–Kier alpha value is -1.81. The Morgan fingerprint density at radius 3 is 2.71 bits per heavy atom. The third-order valence-electron chi connectivity index (χ3n) is 2.95. The molecular weight excluding hydrogens is 290 g/mol. The average Bonchev–Trinajstić information content (AvgIpc) is 2.67. The summed E-state index contributed by atoms with van der Waals surface area (Å²) in [5.41, 5.74) is 1.80. The lowest BCUT2D eigenvalue weighted by Crippen LogP contribution is -2.33. The van der Waals surface area contributed by atoms with Gasteiger partial charge in [0.1, 0.15) is 0 Å². The predicted octanol–water partition coefficient (Wildman–Crippen LogP) is 1.31. The summed E-state index contributed by atoms with van der Waals surface area (Å²) in [5, 5.41) is 4.29. The Kier molecular flexibility index (Phi) is 5.97. The van der Waals surface area contributed by atoms with Crippen LogP contribution in [-0.4, -0.2) is 29.9 Å². The van der Waals surface area contributed by atoms with Crippen molar-refractivity contribution in [3.63, 3.8) is 0 Å². The zero-order chi connectivity index (χ0) is 16.0. The van der Waals surface area contributed by atoms with Crippen molar-refractivity contribution in [3.05, 3.63) is 17.5 Å². The van der Waals surface area contributed by atoms with Crippen LogP contribution >= 0.6 is 0 Å². The van der Waals surface area contributed by atoms with Crippen LogP contribution < -0.4 is 4.72 Å². The van der Waals surface area contributed by atoms with Gasteiger partial charge in [-0.05, 0) is 33.3 Å². The van der Waals surface area contributed by atoms with E-state index in [2.05, 4.69) is 15.7 Å². The smallest absolute Gasteiger partial charge is 0.235 e. The second kappa shape index (κ2) is 7.27. The Bertz CT molecular complexity index is 641. The highest BCUT2D eigenvalue weighted by Crippen LogP contribution is 2.14. The molecule has 116 valence electrons. The number of terminal acetylenes is 1. The molecule has 7 heteroatoms. The third-order valence-corrected chi connectivity index (χ3v) is 4.31. The van der Waals surface area contributed by atoms with E-state index >= 15 is 0 Å². The van der Waals surface area contributed by atoms with Gasteiger partial charge in [-0.25, -0.2) is 8.42 Å². The zero-order valence-electron chi connectivity index (χ0n) is 12.6. The summed E-state index contributed by atoms with van der Waals surface area (Å²) in [6, 6.07) is 1.70. The minimum absolute atomic E-state index is 0.0519. The maximum atomic E-state index is 11.8. The Balaban J connectivity index is 2.57. The van der Waals surface area contributed by atoms with E-state index in [1.165, 1.54) is 0 Å². The molecule has 1 heterocycles. The van der Waals surface area contributed by atoms with Crippen molar-refractivity contribution in [2.24, 2.45) is 0 Å². The molecule has 1 amide bonds. The fraction of sp³-hybridized carbons (Fsp3) is 0.571. The van der Waals surface area contributed by atoms with Crippen molar-refractivity contribution in [3.8, 4) is 12.3 Å². The molecule has 1 rings (SSSR count). The van der Waals surface area contributed by atoms with Crippen molar-refractivity contribution in [2.45, 2.75) is 46.1 Å². The topological polar surface area (TPSA) is 81.1 Å². The van der Waals surface area contributed by atoms with Crippen LogP contribution in [0.2, 0.25) is 0 Å². The second-order valence-electron chi connectivity index (χ2n) is 5.08. The minimum atomic E-state index is -3.61. The number of amides is 1. The molecule has 0 aliphatic heterocycles. The first kappa shape index (κ1) is 17.2. The molecule has 0 aliphatic carbocycles. The number of unbranched alkanes of at least 4 members (excludes halogenated alkanes) is 1. The van der Waals surface area contributed by atoms with E-state index in [-0.39, 0.29) is 18.2 Å². The highest BCUT2D eigenvalue weighted by Gasteiger charge is 2.18. The first-order valence-electron chi connectivity index (χ1n) is 6.74. The second-order valence-corrected chi connectivity index (χ2v) is 6.92. The molecule has 0 aromatic carbocycles. The van der Waals surface area contributed by atoms with Crippen molar-refractivity contribution >= 4 is 15.9 Å². The quantitative estimate of drug-likeness (QED) is 0.608. The van der Waals surface area contributed by atoms with Gasteiger partial charge in [-0.2, -0.15) is 5.10 Å². The summed E-state index contributed by atoms with van der Waals surface area (Å²) in [6.45, 7) is 5.58. The maximum Gasteiger partial charge on any atom is 0.235 e. The summed E-state index contributed by atoms with van der Waals surface area (Å²) >= 11 is 0. The molecule has 0 radical (unpaired) electrons. The molecule has 0 saturated carbocycles. The van der Waals surface area contributed by atoms with Gasteiger partial charge in [-0.1, -0.05) is 0 Å². The largest absolute Gasteiger partial charge is 0.274 e. The van der Waals surface area contributed by atoms with Gasteiger partial charge in [-0.15, -0.1) is 12.3 Å². The predicted molar refractivity (Wildman–Crippen MR) is 81.0 cm³/mol. The Morgan fingerprint density at radius 2 is 2.19 bits per heavy atom. The monoisotopic (exact) mass is 311 g/mol. The minimum Gasteiger partial charge on any atom is -0.274 e. The SMILES string of the molecule is C#CCCCS(=O)(=O)NC(=O)CC(C)n1nc(C)cc1C. The van der Waals surface area contributed by atoms with E-state index in [0.29, 0.717) is 12.8 Å². The van der Waals surface area contributed by atoms with E-state index < -0.39 is 15.9 Å². The lowest BCUT2D eigenvalue weighted by Gasteiger charge is -2.14. The van der Waals surface area contributed by atoms with Crippen LogP contribution in [0.5, 0.6) is 0 Å². The van der Waals surface area contributed by atoms with Crippen molar-refractivity contribution < 1.29 is 13.2 Å². The maximum absolute atomic E-state index is 11.8. The van der Waals surface area contributed by atoms with Crippen LogP contribution in [0.3, 0.4) is 0 Å². The molecule has 6 nitrogen and oxygen atoms in total. The molecule has 0 spiro atoms. The van der Waals surface area contributed by atoms with Gasteiger partial charge in [0.25, 0.3) is 0 Å². The number of carbonyl (C=O) groups is 1. The lowest BCUT2D eigenvalue weighted by molar-refractivity contribution is -0.120. The van der Waals surface area contributed by atoms with Gasteiger partial charge in [0.15, 0.2) is 0 Å². The molecular formula is C14H21N3O3S. The standard InChI is InChI=1S/C14H21N3O3S/c1-5-6-7-8-21(19,20)16-14(18)10-13(4)17-12(3)9-11(2)15-17/h1,9,13H,6-8,10H2,2-4H3,(H,16,18). The van der Waals surface area contributed by atoms with Gasteiger partial charge < -0.3 is 0 Å². The van der Waals surface area contributed by atoms with Gasteiger partial charge in [0.05, 0.1) is 17.5 Å². The Morgan fingerprint density at radius 1 is 1.52 bits per heavy atom. The number of rotatable bonds is 7. The van der Waals surface area contributed by atoms with Crippen LogP contribution in [0.4, 0.5) is 0 Å². The number of aromatic nitrogens is 2. The number of hydrogen-bond acceptors (Lipinski definition) is 4. The lowest BCUT2D eigenvalue weighted by atomic mass is 10.2. The van der Waals surface area contributed by atoms with Crippen molar-refractivity contribution in [1.29, 1.82) is 0 Å². The fourth-order valence-electron chi connectivity index (χ4n) is 2.08. The van der Waals surface area contributed by atoms with Crippen molar-refractivity contribution in [2.75, 3.05) is 5.75 Å². The van der Waals surface area contributed by atoms with E-state index in [9.17, 15) is 13.2 Å². The van der Waals surface area contributed by atoms with Gasteiger partial charge >= 0.3 is 0 Å². The molecule has 1 N–H and O–H groups in total. The third kappa shape index (κ3) is 5.60. The molecule has 0 aliphatic rings. The molecule has 1 unspecified atom stereocenters. The van der Waals surface area contributed by atoms with Crippen LogP contribution in [0.15, 0.2) is 6.07 Å². The van der Waals surface area contributed by atoms with Gasteiger partial charge in [0.2, 0.25) is 15.9 Å². The first-order valence-corrected chi connectivity index (χ1v) is 8.40. The molecule has 21 heavy (non-hydrogen) atoms. The molecule has 1 atom stereocenters. The summed E-state index contributed by atoms with van der Waals surface area (Å²) in [7, 11) is -3.61. The molecule has 1 aromatic rings. The normalized spacial score (nSPS) is 12.7. The van der Waals surface area contributed by atoms with E-state index in [0.717, 1.165) is 11.4 Å². The van der Waals surface area contributed by atoms with E-state index in [1.807, 2.05) is 26.8 Å². The summed E-state index contributed by atoms with van der Waals surface area (Å²) in [6.07, 6.45) is 5.83. The Labute approximate surface area is 126 Å². The first-order chi connectivity index (χ1) is 9.75. The summed E-state index contributed by atoms with van der Waals surface area (Å²) in [5.74, 6) is 1.69. The summed E-state index contributed by atoms with van der Waals surface area (Å²) in [4.78, 5) is 11.8. The van der Waals surface area contributed by atoms with Gasteiger partial charge in [0, 0.05) is 18.5 Å². The number of nitrogens with zero attached hydrogens (tertiary/aromatic N) is 2. The van der Waals surface area contributed by atoms with Crippen LogP contribution in [0.1, 0.15) is 43.6 Å². The molecule has 0 bridgehead atoms. The number of hydrogen-bond donors (Lipinski definition) is 1. The molecule has 0 saturated heterocycles. The number of nitrogens with one attached hydrogen (secondary N) is 1. The van der Waals surface area contributed by atoms with E-state index in [4.69, 9.17) is 6.42 Å². The van der Waals surface area contributed by atoms with Gasteiger partial charge in [-0.3, -0.25) is 14.2 Å². The molecule has 1 aromatic heterocycles. The number of carbonyl (C=O) groups excluding carboxylic acids is 1. The zero-order valence-corrected chi connectivity index (χ0v) is 13.4. The van der Waals surface area contributed by atoms with Crippen LogP contribution in [0, 0.1) is 26.2 Å². The number of aryl methyl sites for hydroxylation is 2. The highest BCUT2D eigenvalue weighted by atomic mass is 32.2. The van der Waals surface area contributed by atoms with E-state index in [1.54, 1.807) is 4.68 Å². The fourth-order valence-corrected chi connectivity index (χ4v) is 3.13. The number of sulfonamides is 1.